The standard InChI is InChI=1S/C19H19Cl2NO3/c1-3-10-25-17-8-4-13(11-18(17)24-2)5-9-19(23)22-16-7-6-14(20)12-15(16)21/h4-9,11-12H,3,10H2,1-2H3,(H,22,23)/b9-5+. The molecule has 0 atom stereocenters. The van der Waals surface area contributed by atoms with E-state index in [-0.39, 0.29) is 5.91 Å². The van der Waals surface area contributed by atoms with Gasteiger partial charge in [-0.2, -0.15) is 0 Å². The molecule has 6 heteroatoms. The van der Waals surface area contributed by atoms with Gasteiger partial charge in [-0.25, -0.2) is 0 Å². The van der Waals surface area contributed by atoms with Gasteiger partial charge in [0.1, 0.15) is 0 Å². The number of amides is 1. The van der Waals surface area contributed by atoms with Crippen molar-refractivity contribution in [1.29, 1.82) is 0 Å². The van der Waals surface area contributed by atoms with E-state index in [1.165, 1.54) is 6.08 Å². The van der Waals surface area contributed by atoms with Crippen LogP contribution in [0.5, 0.6) is 11.5 Å². The molecular weight excluding hydrogens is 361 g/mol. The van der Waals surface area contributed by atoms with Crippen LogP contribution in [0.25, 0.3) is 6.08 Å². The van der Waals surface area contributed by atoms with E-state index < -0.39 is 0 Å². The van der Waals surface area contributed by atoms with E-state index in [2.05, 4.69) is 5.32 Å². The van der Waals surface area contributed by atoms with Gasteiger partial charge in [-0.15, -0.1) is 0 Å². The largest absolute Gasteiger partial charge is 0.493 e. The van der Waals surface area contributed by atoms with Crippen LogP contribution < -0.4 is 14.8 Å². The normalized spacial score (nSPS) is 10.7. The number of halogens is 2. The number of hydrogen-bond donors (Lipinski definition) is 1. The van der Waals surface area contributed by atoms with Crippen molar-refractivity contribution < 1.29 is 14.3 Å². The minimum absolute atomic E-state index is 0.297. The highest BCUT2D eigenvalue weighted by molar-refractivity contribution is 6.36. The lowest BCUT2D eigenvalue weighted by molar-refractivity contribution is -0.111. The molecule has 2 rings (SSSR count). The summed E-state index contributed by atoms with van der Waals surface area (Å²) in [5.41, 5.74) is 1.32. The van der Waals surface area contributed by atoms with Crippen molar-refractivity contribution in [2.45, 2.75) is 13.3 Å². The molecule has 0 heterocycles. The molecule has 2 aromatic carbocycles. The zero-order valence-electron chi connectivity index (χ0n) is 14.0. The number of carbonyl (C=O) groups excluding carboxylic acids is 1. The minimum atomic E-state index is -0.297. The molecule has 0 radical (unpaired) electrons. The molecule has 0 aromatic heterocycles. The third-order valence-electron chi connectivity index (χ3n) is 3.27. The summed E-state index contributed by atoms with van der Waals surface area (Å²) >= 11 is 11.9. The van der Waals surface area contributed by atoms with Crippen LogP contribution in [0.3, 0.4) is 0 Å². The Hall–Kier alpha value is -2.17. The van der Waals surface area contributed by atoms with Gasteiger partial charge in [-0.05, 0) is 48.4 Å². The second kappa shape index (κ2) is 9.35. The molecule has 0 bridgehead atoms. The first-order chi connectivity index (χ1) is 12.0. The van der Waals surface area contributed by atoms with Gasteiger partial charge in [0.25, 0.3) is 0 Å². The van der Waals surface area contributed by atoms with Crippen molar-refractivity contribution in [1.82, 2.24) is 0 Å². The molecule has 1 amide bonds. The lowest BCUT2D eigenvalue weighted by Gasteiger charge is -2.10. The first-order valence-electron chi connectivity index (χ1n) is 7.78. The number of rotatable bonds is 7. The number of nitrogens with one attached hydrogen (secondary N) is 1. The fourth-order valence-corrected chi connectivity index (χ4v) is 2.51. The maximum absolute atomic E-state index is 12.0. The van der Waals surface area contributed by atoms with Crippen LogP contribution in [-0.4, -0.2) is 19.6 Å². The summed E-state index contributed by atoms with van der Waals surface area (Å²) in [4.78, 5) is 12.0. The van der Waals surface area contributed by atoms with Gasteiger partial charge in [0.05, 0.1) is 24.4 Å². The van der Waals surface area contributed by atoms with Crippen LogP contribution >= 0.6 is 23.2 Å². The van der Waals surface area contributed by atoms with Crippen molar-refractivity contribution >= 4 is 40.9 Å². The number of methoxy groups -OCH3 is 1. The van der Waals surface area contributed by atoms with Crippen molar-refractivity contribution in [2.24, 2.45) is 0 Å². The topological polar surface area (TPSA) is 47.6 Å². The molecule has 1 N–H and O–H groups in total. The third kappa shape index (κ3) is 5.69. The predicted octanol–water partition coefficient (Wildman–Crippen LogP) is 5.44. The Morgan fingerprint density at radius 1 is 1.16 bits per heavy atom. The summed E-state index contributed by atoms with van der Waals surface area (Å²) in [5.74, 6) is 1.00. The SMILES string of the molecule is CCCOc1ccc(/C=C/C(=O)Nc2ccc(Cl)cc2Cl)cc1OC. The molecular formula is C19H19Cl2NO3. The Balaban J connectivity index is 2.06. The molecule has 0 spiro atoms. The smallest absolute Gasteiger partial charge is 0.248 e. The number of benzene rings is 2. The van der Waals surface area contributed by atoms with Crippen LogP contribution in [0, 0.1) is 0 Å². The van der Waals surface area contributed by atoms with E-state index >= 15 is 0 Å². The number of hydrogen-bond acceptors (Lipinski definition) is 3. The van der Waals surface area contributed by atoms with Gasteiger partial charge < -0.3 is 14.8 Å². The summed E-state index contributed by atoms with van der Waals surface area (Å²) < 4.78 is 10.9. The number of ether oxygens (including phenoxy) is 2. The van der Waals surface area contributed by atoms with E-state index in [1.807, 2.05) is 25.1 Å². The molecule has 0 aliphatic rings. The Kier molecular flexibility index (Phi) is 7.16. The second-order valence-electron chi connectivity index (χ2n) is 5.21. The van der Waals surface area contributed by atoms with E-state index in [0.717, 1.165) is 12.0 Å². The molecule has 0 aliphatic carbocycles. The van der Waals surface area contributed by atoms with Crippen LogP contribution in [0.1, 0.15) is 18.9 Å². The lowest BCUT2D eigenvalue weighted by atomic mass is 10.2. The van der Waals surface area contributed by atoms with Gasteiger partial charge in [0, 0.05) is 11.1 Å². The van der Waals surface area contributed by atoms with Gasteiger partial charge in [0.2, 0.25) is 5.91 Å². The van der Waals surface area contributed by atoms with Crippen LogP contribution in [-0.2, 0) is 4.79 Å². The van der Waals surface area contributed by atoms with Crippen LogP contribution in [0.2, 0.25) is 10.0 Å². The molecule has 0 fully saturated rings. The zero-order chi connectivity index (χ0) is 18.2. The Morgan fingerprint density at radius 2 is 1.96 bits per heavy atom. The summed E-state index contributed by atoms with van der Waals surface area (Å²) in [7, 11) is 1.58. The predicted molar refractivity (Wildman–Crippen MR) is 103 cm³/mol. The summed E-state index contributed by atoms with van der Waals surface area (Å²) in [6.45, 7) is 2.66. The van der Waals surface area contributed by atoms with E-state index in [9.17, 15) is 4.79 Å². The molecule has 0 aliphatic heterocycles. The average molecular weight is 380 g/mol. The first-order valence-corrected chi connectivity index (χ1v) is 8.54. The molecule has 4 nitrogen and oxygen atoms in total. The van der Waals surface area contributed by atoms with Gasteiger partial charge in [0.15, 0.2) is 11.5 Å². The Bertz CT molecular complexity index is 775. The highest BCUT2D eigenvalue weighted by atomic mass is 35.5. The maximum atomic E-state index is 12.0. The molecule has 25 heavy (non-hydrogen) atoms. The van der Waals surface area contributed by atoms with Crippen molar-refractivity contribution in [2.75, 3.05) is 19.0 Å². The highest BCUT2D eigenvalue weighted by Crippen LogP contribution is 2.29. The molecule has 0 saturated carbocycles. The summed E-state index contributed by atoms with van der Waals surface area (Å²) in [6.07, 6.45) is 4.02. The quantitative estimate of drug-likeness (QED) is 0.651. The third-order valence-corrected chi connectivity index (χ3v) is 3.81. The lowest BCUT2D eigenvalue weighted by Crippen LogP contribution is -2.08. The highest BCUT2D eigenvalue weighted by Gasteiger charge is 2.06. The Morgan fingerprint density at radius 3 is 2.64 bits per heavy atom. The summed E-state index contributed by atoms with van der Waals surface area (Å²) in [5, 5.41) is 3.60. The second-order valence-corrected chi connectivity index (χ2v) is 6.05. The monoisotopic (exact) mass is 379 g/mol. The van der Waals surface area contributed by atoms with Gasteiger partial charge >= 0.3 is 0 Å². The minimum Gasteiger partial charge on any atom is -0.493 e. The van der Waals surface area contributed by atoms with E-state index in [1.54, 1.807) is 31.4 Å². The van der Waals surface area contributed by atoms with E-state index in [4.69, 9.17) is 32.7 Å². The summed E-state index contributed by atoms with van der Waals surface area (Å²) in [6, 6.07) is 10.4. The van der Waals surface area contributed by atoms with Gasteiger partial charge in [-0.3, -0.25) is 4.79 Å². The first kappa shape index (κ1) is 19.2. The van der Waals surface area contributed by atoms with Gasteiger partial charge in [-0.1, -0.05) is 36.2 Å². The Labute approximate surface area is 157 Å². The van der Waals surface area contributed by atoms with E-state index in [0.29, 0.717) is 33.8 Å². The maximum Gasteiger partial charge on any atom is 0.248 e. The zero-order valence-corrected chi connectivity index (χ0v) is 15.5. The number of carbonyl (C=O) groups is 1. The fraction of sp³-hybridized carbons (Fsp3) is 0.211. The molecule has 0 saturated heterocycles. The van der Waals surface area contributed by atoms with Crippen LogP contribution in [0.15, 0.2) is 42.5 Å². The molecule has 0 unspecified atom stereocenters. The fourth-order valence-electron chi connectivity index (χ4n) is 2.06. The van der Waals surface area contributed by atoms with Crippen molar-refractivity contribution in [3.05, 3.63) is 58.1 Å². The van der Waals surface area contributed by atoms with Crippen molar-refractivity contribution in [3.63, 3.8) is 0 Å². The van der Waals surface area contributed by atoms with Crippen molar-refractivity contribution in [3.8, 4) is 11.5 Å². The number of anilines is 1. The molecule has 2 aromatic rings. The van der Waals surface area contributed by atoms with Crippen LogP contribution in [0.4, 0.5) is 5.69 Å². The molecule has 132 valence electrons. The average Bonchev–Trinajstić information content (AvgIpc) is 2.60.